The van der Waals surface area contributed by atoms with Crippen molar-refractivity contribution in [2.24, 2.45) is 16.0 Å². The highest BCUT2D eigenvalue weighted by Crippen LogP contribution is 2.18. The third-order valence-electron chi connectivity index (χ3n) is 4.40. The topological polar surface area (TPSA) is 95.5 Å². The van der Waals surface area contributed by atoms with Gasteiger partial charge in [0.15, 0.2) is 5.71 Å². The van der Waals surface area contributed by atoms with Gasteiger partial charge in [-0.3, -0.25) is 0 Å². The Kier molecular flexibility index (Phi) is 8.90. The third-order valence-corrected chi connectivity index (χ3v) is 4.75. The normalized spacial score (nSPS) is 12.3. The van der Waals surface area contributed by atoms with E-state index >= 15 is 0 Å². The molecule has 0 radical (unpaired) electrons. The first-order valence-electron chi connectivity index (χ1n) is 9.40. The van der Waals surface area contributed by atoms with Crippen LogP contribution < -0.4 is 5.73 Å². The molecule has 0 amide bonds. The van der Waals surface area contributed by atoms with E-state index in [1.807, 2.05) is 49.4 Å². The van der Waals surface area contributed by atoms with Crippen molar-refractivity contribution in [3.63, 3.8) is 0 Å². The number of benzene rings is 2. The zero-order chi connectivity index (χ0) is 22.8. The number of methoxy groups -OCH3 is 1. The molecule has 0 spiro atoms. The maximum atomic E-state index is 12.1. The Balaban J connectivity index is 2.20. The zero-order valence-electron chi connectivity index (χ0n) is 17.9. The lowest BCUT2D eigenvalue weighted by molar-refractivity contribution is -0.132. The van der Waals surface area contributed by atoms with Crippen LogP contribution in [0.3, 0.4) is 0 Å². The van der Waals surface area contributed by atoms with Gasteiger partial charge < -0.3 is 20.1 Å². The third kappa shape index (κ3) is 6.48. The molecule has 0 bridgehead atoms. The van der Waals surface area contributed by atoms with Crippen LogP contribution in [0.2, 0.25) is 0 Å². The summed E-state index contributed by atoms with van der Waals surface area (Å²) in [5.41, 5.74) is 10.1. The second kappa shape index (κ2) is 11.6. The summed E-state index contributed by atoms with van der Waals surface area (Å²) in [6.45, 7) is 3.72. The number of esters is 1. The molecule has 0 saturated heterocycles. The minimum absolute atomic E-state index is 0.0422. The smallest absolute Gasteiger partial charge is 0.360 e. The monoisotopic (exact) mass is 439 g/mol. The van der Waals surface area contributed by atoms with E-state index in [2.05, 4.69) is 10.3 Å². The van der Waals surface area contributed by atoms with E-state index in [1.165, 1.54) is 14.2 Å². The second-order valence-electron chi connectivity index (χ2n) is 6.50. The van der Waals surface area contributed by atoms with E-state index in [0.717, 1.165) is 16.7 Å². The van der Waals surface area contributed by atoms with Crippen LogP contribution in [0.1, 0.15) is 29.2 Å². The summed E-state index contributed by atoms with van der Waals surface area (Å²) < 4.78 is 4.81. The minimum atomic E-state index is -0.616. The molecule has 0 aromatic heterocycles. The first-order chi connectivity index (χ1) is 14.9. The lowest BCUT2D eigenvalue weighted by Crippen LogP contribution is -2.20. The van der Waals surface area contributed by atoms with E-state index in [9.17, 15) is 4.79 Å². The van der Waals surface area contributed by atoms with Crippen molar-refractivity contribution in [1.82, 2.24) is 0 Å². The van der Waals surface area contributed by atoms with Gasteiger partial charge in [0.1, 0.15) is 13.7 Å². The highest BCUT2D eigenvalue weighted by Gasteiger charge is 2.20. The van der Waals surface area contributed by atoms with Gasteiger partial charge in [0.2, 0.25) is 0 Å². The fraction of sp³-hybridized carbons (Fsp3) is 0.217. The molecule has 0 heterocycles. The Labute approximate surface area is 187 Å². The number of allylic oxidation sites excluding steroid dienone is 2. The Hall–Kier alpha value is -3.52. The van der Waals surface area contributed by atoms with E-state index in [-0.39, 0.29) is 12.3 Å². The lowest BCUT2D eigenvalue weighted by atomic mass is 9.99. The second-order valence-corrected chi connectivity index (χ2v) is 6.93. The van der Waals surface area contributed by atoms with Gasteiger partial charge in [-0.1, -0.05) is 71.1 Å². The van der Waals surface area contributed by atoms with Crippen LogP contribution in [0.5, 0.6) is 0 Å². The largest absolute Gasteiger partial charge is 0.464 e. The maximum Gasteiger partial charge on any atom is 0.360 e. The average molecular weight is 440 g/mol. The number of nitrogens with zero attached hydrogens (tertiary/aromatic N) is 2. The van der Waals surface area contributed by atoms with Gasteiger partial charge in [-0.2, -0.15) is 0 Å². The Morgan fingerprint density at radius 1 is 1.10 bits per heavy atom. The fourth-order valence-corrected chi connectivity index (χ4v) is 2.94. The molecule has 0 aliphatic carbocycles. The molecule has 0 saturated carbocycles. The van der Waals surface area contributed by atoms with E-state index in [0.29, 0.717) is 21.8 Å². The average Bonchev–Trinajstić information content (AvgIpc) is 2.78. The molecule has 2 rings (SSSR count). The molecule has 8 heteroatoms. The number of carbonyl (C=O) groups excluding carboxylic acids is 1. The van der Waals surface area contributed by atoms with Gasteiger partial charge >= 0.3 is 5.97 Å². The molecule has 2 aromatic carbocycles. The van der Waals surface area contributed by atoms with Gasteiger partial charge in [-0.25, -0.2) is 4.79 Å². The summed E-state index contributed by atoms with van der Waals surface area (Å²) in [6.07, 6.45) is 1.67. The van der Waals surface area contributed by atoms with Crippen molar-refractivity contribution in [3.8, 4) is 0 Å². The van der Waals surface area contributed by atoms with E-state index in [1.54, 1.807) is 19.1 Å². The van der Waals surface area contributed by atoms with E-state index < -0.39 is 5.97 Å². The first kappa shape index (κ1) is 23.8. The molecule has 2 N–H and O–H groups in total. The lowest BCUT2D eigenvalue weighted by Gasteiger charge is -2.12. The van der Waals surface area contributed by atoms with Gasteiger partial charge in [0, 0.05) is 16.0 Å². The molecule has 0 aliphatic rings. The number of thiocarbonyl (C=S) groups is 1. The summed E-state index contributed by atoms with van der Waals surface area (Å²) in [5.74, 6) is -0.616. The summed E-state index contributed by atoms with van der Waals surface area (Å²) in [4.78, 5) is 23.1. The van der Waals surface area contributed by atoms with Gasteiger partial charge in [0.25, 0.3) is 0 Å². The van der Waals surface area contributed by atoms with Crippen LogP contribution in [0.15, 0.2) is 70.6 Å². The SMILES string of the molecule is CO/N=C(/C(=O)OC)c1cccc(C)c1CO/N=C(C)/C(N)=C/C(=S)c1ccccc1. The van der Waals surface area contributed by atoms with Crippen molar-refractivity contribution in [2.75, 3.05) is 14.2 Å². The molecule has 0 aliphatic heterocycles. The zero-order valence-corrected chi connectivity index (χ0v) is 18.7. The first-order valence-corrected chi connectivity index (χ1v) is 9.81. The van der Waals surface area contributed by atoms with Crippen LogP contribution in [0.4, 0.5) is 0 Å². The Morgan fingerprint density at radius 2 is 1.81 bits per heavy atom. The number of hydrogen-bond donors (Lipinski definition) is 1. The minimum Gasteiger partial charge on any atom is -0.464 e. The van der Waals surface area contributed by atoms with Crippen molar-refractivity contribution in [1.29, 1.82) is 0 Å². The number of carbonyl (C=O) groups is 1. The highest BCUT2D eigenvalue weighted by molar-refractivity contribution is 7.81. The predicted octanol–water partition coefficient (Wildman–Crippen LogP) is 3.67. The quantitative estimate of drug-likeness (QED) is 0.160. The van der Waals surface area contributed by atoms with Crippen molar-refractivity contribution < 1.29 is 19.2 Å². The number of hydrogen-bond acceptors (Lipinski definition) is 8. The summed E-state index contributed by atoms with van der Waals surface area (Å²) in [6, 6.07) is 15.0. The van der Waals surface area contributed by atoms with Crippen LogP contribution >= 0.6 is 12.2 Å². The Morgan fingerprint density at radius 3 is 2.45 bits per heavy atom. The number of rotatable bonds is 9. The van der Waals surface area contributed by atoms with Crippen LogP contribution in [-0.2, 0) is 25.8 Å². The number of ether oxygens (including phenoxy) is 1. The standard InChI is InChI=1S/C23H25N3O4S/c1-15-9-8-12-18(22(26-29-4)23(27)28-3)19(15)14-30-25-16(2)20(24)13-21(31)17-10-6-5-7-11-17/h5-13H,14,24H2,1-4H3/b20-13-,25-16+,26-22+. The van der Waals surface area contributed by atoms with Crippen molar-refractivity contribution >= 4 is 34.5 Å². The molecule has 0 unspecified atom stereocenters. The van der Waals surface area contributed by atoms with Gasteiger partial charge in [0.05, 0.1) is 18.5 Å². The fourth-order valence-electron chi connectivity index (χ4n) is 2.68. The van der Waals surface area contributed by atoms with Crippen LogP contribution in [0, 0.1) is 6.92 Å². The Bertz CT molecular complexity index is 1030. The number of aryl methyl sites for hydroxylation is 1. The van der Waals surface area contributed by atoms with Gasteiger partial charge in [-0.05, 0) is 31.1 Å². The van der Waals surface area contributed by atoms with Crippen LogP contribution in [0.25, 0.3) is 0 Å². The summed E-state index contributed by atoms with van der Waals surface area (Å²) in [5, 5.41) is 7.90. The summed E-state index contributed by atoms with van der Waals surface area (Å²) >= 11 is 5.41. The molecule has 162 valence electrons. The molecule has 0 atom stereocenters. The van der Waals surface area contributed by atoms with Crippen molar-refractivity contribution in [2.45, 2.75) is 20.5 Å². The number of nitrogens with two attached hydrogens (primary N) is 1. The molecule has 2 aromatic rings. The number of oxime groups is 2. The van der Waals surface area contributed by atoms with Gasteiger partial charge in [-0.15, -0.1) is 0 Å². The van der Waals surface area contributed by atoms with E-state index in [4.69, 9.17) is 32.4 Å². The predicted molar refractivity (Wildman–Crippen MR) is 125 cm³/mol. The molecular formula is C23H25N3O4S. The van der Waals surface area contributed by atoms with Crippen LogP contribution in [-0.4, -0.2) is 36.5 Å². The molecular weight excluding hydrogens is 414 g/mol. The highest BCUT2D eigenvalue weighted by atomic mass is 32.1. The summed E-state index contributed by atoms with van der Waals surface area (Å²) in [7, 11) is 2.64. The maximum absolute atomic E-state index is 12.1. The molecule has 31 heavy (non-hydrogen) atoms. The van der Waals surface area contributed by atoms with Crippen molar-refractivity contribution in [3.05, 3.63) is 82.6 Å². The molecule has 7 nitrogen and oxygen atoms in total. The molecule has 0 fully saturated rings.